The van der Waals surface area contributed by atoms with E-state index in [9.17, 15) is 18.0 Å². The second-order valence-electron chi connectivity index (χ2n) is 5.87. The van der Waals surface area contributed by atoms with Crippen LogP contribution in [-0.4, -0.2) is 5.91 Å². The van der Waals surface area contributed by atoms with Crippen LogP contribution in [0.25, 0.3) is 0 Å². The third-order valence-electron chi connectivity index (χ3n) is 3.67. The number of benzene rings is 1. The number of carbonyl (C=O) groups is 1. The van der Waals surface area contributed by atoms with Gasteiger partial charge in [-0.3, -0.25) is 4.79 Å². The van der Waals surface area contributed by atoms with Gasteiger partial charge in [0, 0.05) is 5.69 Å². The number of anilines is 1. The lowest BCUT2D eigenvalue weighted by Crippen LogP contribution is -2.20. The number of rotatable bonds is 3. The summed E-state index contributed by atoms with van der Waals surface area (Å²) in [5, 5.41) is 2.67. The first-order valence-electron chi connectivity index (χ1n) is 6.72. The summed E-state index contributed by atoms with van der Waals surface area (Å²) in [5.41, 5.74) is 0.274. The molecule has 0 bridgehead atoms. The van der Waals surface area contributed by atoms with Crippen LogP contribution in [0.15, 0.2) is 18.2 Å². The van der Waals surface area contributed by atoms with Gasteiger partial charge in [0.15, 0.2) is 0 Å². The number of hydrogen-bond donors (Lipinski definition) is 1. The first kappa shape index (κ1) is 14.9. The molecule has 0 saturated heterocycles. The molecule has 2 atom stereocenters. The van der Waals surface area contributed by atoms with Gasteiger partial charge in [-0.25, -0.2) is 0 Å². The van der Waals surface area contributed by atoms with Crippen molar-refractivity contribution in [1.82, 2.24) is 0 Å². The molecule has 1 amide bonds. The second kappa shape index (κ2) is 5.11. The molecule has 1 N–H and O–H groups in total. The van der Waals surface area contributed by atoms with Crippen LogP contribution < -0.4 is 5.32 Å². The molecule has 2 rings (SSSR count). The van der Waals surface area contributed by atoms with Crippen molar-refractivity contribution in [2.24, 2.45) is 11.8 Å². The minimum Gasteiger partial charge on any atom is -0.325 e. The van der Waals surface area contributed by atoms with Gasteiger partial charge < -0.3 is 5.32 Å². The van der Waals surface area contributed by atoms with Gasteiger partial charge in [0.25, 0.3) is 0 Å². The van der Waals surface area contributed by atoms with Gasteiger partial charge >= 0.3 is 6.18 Å². The third kappa shape index (κ3) is 2.81. The van der Waals surface area contributed by atoms with Gasteiger partial charge in [0.05, 0.1) is 11.5 Å². The Balaban J connectivity index is 2.37. The van der Waals surface area contributed by atoms with E-state index >= 15 is 0 Å². The van der Waals surface area contributed by atoms with Crippen LogP contribution in [-0.2, 0) is 11.0 Å². The van der Waals surface area contributed by atoms with E-state index in [-0.39, 0.29) is 11.8 Å². The van der Waals surface area contributed by atoms with Crippen molar-refractivity contribution < 1.29 is 18.0 Å². The maximum Gasteiger partial charge on any atom is 0.416 e. The van der Waals surface area contributed by atoms with E-state index in [0.29, 0.717) is 17.2 Å². The van der Waals surface area contributed by atoms with Gasteiger partial charge in [-0.2, -0.15) is 13.2 Å². The van der Waals surface area contributed by atoms with Crippen molar-refractivity contribution >= 4 is 11.6 Å². The van der Waals surface area contributed by atoms with Crippen LogP contribution in [0.4, 0.5) is 18.9 Å². The zero-order valence-corrected chi connectivity index (χ0v) is 11.7. The predicted molar refractivity (Wildman–Crippen MR) is 71.4 cm³/mol. The Kier molecular flexibility index (Phi) is 3.80. The summed E-state index contributed by atoms with van der Waals surface area (Å²) in [5.74, 6) is -0.283. The molecule has 2 unspecified atom stereocenters. The van der Waals surface area contributed by atoms with Crippen LogP contribution in [0, 0.1) is 11.8 Å². The molecule has 5 heteroatoms. The van der Waals surface area contributed by atoms with Crippen LogP contribution >= 0.6 is 0 Å². The smallest absolute Gasteiger partial charge is 0.325 e. The van der Waals surface area contributed by atoms with Crippen LogP contribution in [0.1, 0.15) is 44.2 Å². The predicted octanol–water partition coefficient (Wildman–Crippen LogP) is 4.42. The summed E-state index contributed by atoms with van der Waals surface area (Å²) in [4.78, 5) is 12.0. The van der Waals surface area contributed by atoms with E-state index in [0.717, 1.165) is 18.6 Å². The normalized spacial score (nSPS) is 19.9. The minimum absolute atomic E-state index is 0.0136. The zero-order chi connectivity index (χ0) is 15.1. The molecule has 20 heavy (non-hydrogen) atoms. The van der Waals surface area contributed by atoms with Gasteiger partial charge in [0.2, 0.25) is 5.91 Å². The standard InChI is InChI=1S/C15H18F3NO/c1-8(2)6-9(3)13-11-7-10(15(16,17)18)4-5-12(11)19-14(13)20/h4-5,7-9,13H,6H2,1-3H3,(H,19,20). The highest BCUT2D eigenvalue weighted by Crippen LogP contribution is 2.42. The number of alkyl halides is 3. The van der Waals surface area contributed by atoms with Gasteiger partial charge in [0.1, 0.15) is 0 Å². The molecule has 1 aromatic carbocycles. The fourth-order valence-corrected chi connectivity index (χ4v) is 2.91. The van der Waals surface area contributed by atoms with E-state index < -0.39 is 17.7 Å². The van der Waals surface area contributed by atoms with Gasteiger partial charge in [-0.1, -0.05) is 20.8 Å². The van der Waals surface area contributed by atoms with Crippen molar-refractivity contribution in [1.29, 1.82) is 0 Å². The quantitative estimate of drug-likeness (QED) is 0.875. The second-order valence-corrected chi connectivity index (χ2v) is 5.87. The minimum atomic E-state index is -4.38. The summed E-state index contributed by atoms with van der Waals surface area (Å²) < 4.78 is 38.4. The lowest BCUT2D eigenvalue weighted by atomic mass is 9.83. The van der Waals surface area contributed by atoms with Crippen molar-refractivity contribution in [2.75, 3.05) is 5.32 Å². The molecule has 0 radical (unpaired) electrons. The monoisotopic (exact) mass is 285 g/mol. The maximum atomic E-state index is 12.8. The summed E-state index contributed by atoms with van der Waals surface area (Å²) in [7, 11) is 0. The molecule has 1 aliphatic rings. The van der Waals surface area contributed by atoms with Crippen molar-refractivity contribution in [3.63, 3.8) is 0 Å². The zero-order valence-electron chi connectivity index (χ0n) is 11.7. The van der Waals surface area contributed by atoms with Crippen molar-refractivity contribution in [2.45, 2.75) is 39.3 Å². The number of fused-ring (bicyclic) bond motifs is 1. The highest BCUT2D eigenvalue weighted by molar-refractivity contribution is 6.03. The Morgan fingerprint density at radius 3 is 2.45 bits per heavy atom. The molecule has 110 valence electrons. The molecular weight excluding hydrogens is 267 g/mol. The average Bonchev–Trinajstić information content (AvgIpc) is 2.61. The number of nitrogens with one attached hydrogen (secondary N) is 1. The molecule has 1 aromatic rings. The Bertz CT molecular complexity index is 522. The number of amides is 1. The molecule has 0 aliphatic carbocycles. The Morgan fingerprint density at radius 2 is 1.90 bits per heavy atom. The third-order valence-corrected chi connectivity index (χ3v) is 3.67. The van der Waals surface area contributed by atoms with Crippen molar-refractivity contribution in [3.8, 4) is 0 Å². The molecule has 2 nitrogen and oxygen atoms in total. The number of hydrogen-bond acceptors (Lipinski definition) is 1. The molecule has 1 heterocycles. The topological polar surface area (TPSA) is 29.1 Å². The molecule has 0 aromatic heterocycles. The molecule has 0 saturated carbocycles. The lowest BCUT2D eigenvalue weighted by Gasteiger charge is -2.20. The highest BCUT2D eigenvalue weighted by Gasteiger charge is 2.38. The fourth-order valence-electron chi connectivity index (χ4n) is 2.91. The van der Waals surface area contributed by atoms with Crippen LogP contribution in [0.5, 0.6) is 0 Å². The Labute approximate surface area is 116 Å². The molecule has 1 aliphatic heterocycles. The van der Waals surface area contributed by atoms with Crippen molar-refractivity contribution in [3.05, 3.63) is 29.3 Å². The van der Waals surface area contributed by atoms with Gasteiger partial charge in [-0.05, 0) is 42.0 Å². The summed E-state index contributed by atoms with van der Waals surface area (Å²) in [6.45, 7) is 5.99. The van der Waals surface area contributed by atoms with Gasteiger partial charge in [-0.15, -0.1) is 0 Å². The summed E-state index contributed by atoms with van der Waals surface area (Å²) >= 11 is 0. The van der Waals surface area contributed by atoms with E-state index in [1.165, 1.54) is 6.07 Å². The Morgan fingerprint density at radius 1 is 1.25 bits per heavy atom. The fraction of sp³-hybridized carbons (Fsp3) is 0.533. The number of halogens is 3. The van der Waals surface area contributed by atoms with E-state index in [1.54, 1.807) is 0 Å². The lowest BCUT2D eigenvalue weighted by molar-refractivity contribution is -0.137. The molecular formula is C15H18F3NO. The highest BCUT2D eigenvalue weighted by atomic mass is 19.4. The summed E-state index contributed by atoms with van der Waals surface area (Å²) in [6.07, 6.45) is -3.58. The first-order chi connectivity index (χ1) is 9.20. The molecule has 0 fully saturated rings. The van der Waals surface area contributed by atoms with E-state index in [1.807, 2.05) is 20.8 Å². The Hall–Kier alpha value is -1.52. The maximum absolute atomic E-state index is 12.8. The average molecular weight is 285 g/mol. The van der Waals surface area contributed by atoms with E-state index in [2.05, 4.69) is 5.32 Å². The molecule has 0 spiro atoms. The van der Waals surface area contributed by atoms with Crippen LogP contribution in [0.3, 0.4) is 0 Å². The SMILES string of the molecule is CC(C)CC(C)C1C(=O)Nc2ccc(C(F)(F)F)cc21. The summed E-state index contributed by atoms with van der Waals surface area (Å²) in [6, 6.07) is 3.46. The largest absolute Gasteiger partial charge is 0.416 e. The van der Waals surface area contributed by atoms with E-state index in [4.69, 9.17) is 0 Å². The number of carbonyl (C=O) groups excluding carboxylic acids is 1. The van der Waals surface area contributed by atoms with Crippen LogP contribution in [0.2, 0.25) is 0 Å². The first-order valence-corrected chi connectivity index (χ1v) is 6.72.